The quantitative estimate of drug-likeness (QED) is 0.745. The molecule has 7 heteroatoms. The molecule has 0 aromatic carbocycles. The van der Waals surface area contributed by atoms with E-state index in [1.807, 2.05) is 0 Å². The number of sulfone groups is 1. The molecule has 2 heterocycles. The van der Waals surface area contributed by atoms with Gasteiger partial charge in [-0.3, -0.25) is 4.90 Å². The summed E-state index contributed by atoms with van der Waals surface area (Å²) in [6.45, 7) is 6.65. The summed E-state index contributed by atoms with van der Waals surface area (Å²) >= 11 is 5.35. The van der Waals surface area contributed by atoms with E-state index in [-0.39, 0.29) is 6.04 Å². The summed E-state index contributed by atoms with van der Waals surface area (Å²) in [5, 5.41) is 4.08. The SMILES string of the molecule is CCCNC(=S)N1CCN([C@H]2CCS(=O)(=O)C2)CC1. The van der Waals surface area contributed by atoms with Gasteiger partial charge in [-0.25, -0.2) is 8.42 Å². The molecule has 0 spiro atoms. The normalized spacial score (nSPS) is 27.4. The highest BCUT2D eigenvalue weighted by atomic mass is 32.2. The van der Waals surface area contributed by atoms with E-state index < -0.39 is 9.84 Å². The monoisotopic (exact) mass is 305 g/mol. The fourth-order valence-corrected chi connectivity index (χ4v) is 4.74. The fourth-order valence-electron chi connectivity index (χ4n) is 2.70. The van der Waals surface area contributed by atoms with Crippen molar-refractivity contribution in [2.45, 2.75) is 25.8 Å². The van der Waals surface area contributed by atoms with Gasteiger partial charge in [-0.2, -0.15) is 0 Å². The van der Waals surface area contributed by atoms with E-state index in [4.69, 9.17) is 12.2 Å². The zero-order chi connectivity index (χ0) is 13.9. The molecule has 2 saturated heterocycles. The molecule has 2 fully saturated rings. The third-order valence-electron chi connectivity index (χ3n) is 3.85. The smallest absolute Gasteiger partial charge is 0.169 e. The Bertz CT molecular complexity index is 417. The summed E-state index contributed by atoms with van der Waals surface area (Å²) in [6, 6.07) is 0.226. The Balaban J connectivity index is 1.78. The van der Waals surface area contributed by atoms with Crippen molar-refractivity contribution < 1.29 is 8.42 Å². The van der Waals surface area contributed by atoms with E-state index in [1.165, 1.54) is 0 Å². The third-order valence-corrected chi connectivity index (χ3v) is 6.01. The number of hydrogen-bond donors (Lipinski definition) is 1. The fraction of sp³-hybridized carbons (Fsp3) is 0.917. The van der Waals surface area contributed by atoms with Crippen LogP contribution in [-0.4, -0.2) is 73.6 Å². The Hall–Kier alpha value is -0.400. The molecule has 5 nitrogen and oxygen atoms in total. The van der Waals surface area contributed by atoms with Gasteiger partial charge >= 0.3 is 0 Å². The first kappa shape index (κ1) is 15.0. The number of rotatable bonds is 3. The van der Waals surface area contributed by atoms with Gasteiger partial charge in [0.1, 0.15) is 0 Å². The second-order valence-electron chi connectivity index (χ2n) is 5.31. The minimum absolute atomic E-state index is 0.226. The van der Waals surface area contributed by atoms with Gasteiger partial charge in [0.15, 0.2) is 14.9 Å². The van der Waals surface area contributed by atoms with Gasteiger partial charge in [0.05, 0.1) is 11.5 Å². The highest BCUT2D eigenvalue weighted by Crippen LogP contribution is 2.19. The van der Waals surface area contributed by atoms with Crippen LogP contribution in [0.1, 0.15) is 19.8 Å². The molecular weight excluding hydrogens is 282 g/mol. The van der Waals surface area contributed by atoms with Gasteiger partial charge in [0.25, 0.3) is 0 Å². The third kappa shape index (κ3) is 4.03. The molecule has 0 unspecified atom stereocenters. The lowest BCUT2D eigenvalue weighted by molar-refractivity contribution is 0.142. The van der Waals surface area contributed by atoms with E-state index >= 15 is 0 Å². The van der Waals surface area contributed by atoms with Crippen molar-refractivity contribution in [1.29, 1.82) is 0 Å². The molecule has 0 aromatic rings. The summed E-state index contributed by atoms with van der Waals surface area (Å²) in [6.07, 6.45) is 1.86. The molecule has 2 aliphatic rings. The van der Waals surface area contributed by atoms with E-state index in [1.54, 1.807) is 0 Å². The first-order chi connectivity index (χ1) is 9.02. The molecule has 0 radical (unpaired) electrons. The van der Waals surface area contributed by atoms with Crippen molar-refractivity contribution in [3.8, 4) is 0 Å². The van der Waals surface area contributed by atoms with Crippen LogP contribution < -0.4 is 5.32 Å². The predicted octanol–water partition coefficient (Wildman–Crippen LogP) is 0.0756. The number of nitrogens with one attached hydrogen (secondary N) is 1. The highest BCUT2D eigenvalue weighted by molar-refractivity contribution is 7.91. The maximum absolute atomic E-state index is 11.5. The van der Waals surface area contributed by atoms with Gasteiger partial charge in [-0.05, 0) is 25.1 Å². The summed E-state index contributed by atoms with van der Waals surface area (Å²) in [7, 11) is -2.78. The summed E-state index contributed by atoms with van der Waals surface area (Å²) in [5.74, 6) is 0.694. The summed E-state index contributed by atoms with van der Waals surface area (Å²) in [4.78, 5) is 4.49. The first-order valence-electron chi connectivity index (χ1n) is 6.99. The lowest BCUT2D eigenvalue weighted by atomic mass is 10.2. The Kier molecular flexibility index (Phi) is 5.03. The van der Waals surface area contributed by atoms with Crippen molar-refractivity contribution >= 4 is 27.2 Å². The lowest BCUT2D eigenvalue weighted by Gasteiger charge is -2.38. The van der Waals surface area contributed by atoms with Crippen molar-refractivity contribution in [2.75, 3.05) is 44.2 Å². The van der Waals surface area contributed by atoms with E-state index in [2.05, 4.69) is 22.0 Å². The van der Waals surface area contributed by atoms with Gasteiger partial charge in [0.2, 0.25) is 0 Å². The van der Waals surface area contributed by atoms with E-state index in [0.717, 1.165) is 50.7 Å². The van der Waals surface area contributed by atoms with Crippen LogP contribution in [0.4, 0.5) is 0 Å². The van der Waals surface area contributed by atoms with Crippen LogP contribution in [0.2, 0.25) is 0 Å². The van der Waals surface area contributed by atoms with Gasteiger partial charge in [-0.1, -0.05) is 6.92 Å². The van der Waals surface area contributed by atoms with Crippen LogP contribution in [0.25, 0.3) is 0 Å². The predicted molar refractivity (Wildman–Crippen MR) is 81.1 cm³/mol. The van der Waals surface area contributed by atoms with Crippen molar-refractivity contribution in [3.05, 3.63) is 0 Å². The van der Waals surface area contributed by atoms with E-state index in [0.29, 0.717) is 11.5 Å². The van der Waals surface area contributed by atoms with Gasteiger partial charge in [0, 0.05) is 38.8 Å². The molecule has 1 N–H and O–H groups in total. The molecule has 2 aliphatic heterocycles. The van der Waals surface area contributed by atoms with Crippen LogP contribution >= 0.6 is 12.2 Å². The number of thiocarbonyl (C=S) groups is 1. The van der Waals surface area contributed by atoms with Crippen LogP contribution in [0.5, 0.6) is 0 Å². The molecular formula is C12H23N3O2S2. The molecule has 0 amide bonds. The Morgan fingerprint density at radius 1 is 1.32 bits per heavy atom. The molecule has 19 heavy (non-hydrogen) atoms. The number of piperazine rings is 1. The Morgan fingerprint density at radius 3 is 2.53 bits per heavy atom. The summed E-state index contributed by atoms with van der Waals surface area (Å²) < 4.78 is 23.0. The molecule has 110 valence electrons. The largest absolute Gasteiger partial charge is 0.363 e. The zero-order valence-electron chi connectivity index (χ0n) is 11.5. The topological polar surface area (TPSA) is 52.6 Å². The second kappa shape index (κ2) is 6.37. The van der Waals surface area contributed by atoms with Crippen molar-refractivity contribution in [1.82, 2.24) is 15.1 Å². The number of nitrogens with zero attached hydrogens (tertiary/aromatic N) is 2. The van der Waals surface area contributed by atoms with Crippen LogP contribution in [-0.2, 0) is 9.84 Å². The molecule has 2 rings (SSSR count). The van der Waals surface area contributed by atoms with Crippen LogP contribution in [0.3, 0.4) is 0 Å². The standard InChI is InChI=1S/C12H23N3O2S2/c1-2-4-13-12(18)15-7-5-14(6-8-15)11-3-9-19(16,17)10-11/h11H,2-10H2,1H3,(H,13,18)/t11-/m0/s1. The molecule has 0 saturated carbocycles. The minimum atomic E-state index is -2.78. The average Bonchev–Trinajstić information content (AvgIpc) is 2.76. The van der Waals surface area contributed by atoms with E-state index in [9.17, 15) is 8.42 Å². The van der Waals surface area contributed by atoms with Crippen LogP contribution in [0, 0.1) is 0 Å². The van der Waals surface area contributed by atoms with Gasteiger partial charge in [-0.15, -0.1) is 0 Å². The zero-order valence-corrected chi connectivity index (χ0v) is 13.1. The molecule has 0 bridgehead atoms. The van der Waals surface area contributed by atoms with Gasteiger partial charge < -0.3 is 10.2 Å². The second-order valence-corrected chi connectivity index (χ2v) is 7.93. The average molecular weight is 305 g/mol. The maximum Gasteiger partial charge on any atom is 0.169 e. The highest BCUT2D eigenvalue weighted by Gasteiger charge is 2.33. The maximum atomic E-state index is 11.5. The lowest BCUT2D eigenvalue weighted by Crippen LogP contribution is -2.54. The Morgan fingerprint density at radius 2 is 2.00 bits per heavy atom. The first-order valence-corrected chi connectivity index (χ1v) is 9.22. The summed E-state index contributed by atoms with van der Waals surface area (Å²) in [5.41, 5.74) is 0. The minimum Gasteiger partial charge on any atom is -0.363 e. The molecule has 0 aromatic heterocycles. The Labute approximate surface area is 121 Å². The molecule has 1 atom stereocenters. The van der Waals surface area contributed by atoms with Crippen LogP contribution in [0.15, 0.2) is 0 Å². The van der Waals surface area contributed by atoms with Crippen molar-refractivity contribution in [3.63, 3.8) is 0 Å². The number of hydrogen-bond acceptors (Lipinski definition) is 4. The molecule has 0 aliphatic carbocycles. The van der Waals surface area contributed by atoms with Crippen molar-refractivity contribution in [2.24, 2.45) is 0 Å².